The molecule has 0 bridgehead atoms. The summed E-state index contributed by atoms with van der Waals surface area (Å²) in [6, 6.07) is 11.3. The molecule has 0 fully saturated rings. The number of aromatic amines is 1. The fourth-order valence-electron chi connectivity index (χ4n) is 3.56. The van der Waals surface area contributed by atoms with Crippen molar-refractivity contribution in [2.75, 3.05) is 19.9 Å². The van der Waals surface area contributed by atoms with E-state index >= 15 is 0 Å². The summed E-state index contributed by atoms with van der Waals surface area (Å²) < 4.78 is 31.3. The highest BCUT2D eigenvalue weighted by molar-refractivity contribution is 7.88. The first-order valence-corrected chi connectivity index (χ1v) is 12.3. The quantitative estimate of drug-likeness (QED) is 0.450. The standard InChI is InChI=1S/C21H19ClN2O4S2/c1-28-17-6-5-16-19(14-8-10-29-20(14)21(25)24-16)18(17)13-4-3-12(15(22)11-13)7-9-23-30(2,26)27/h3-6,8,10-11,23H,7,9H2,1-2H3,(H,24,25). The maximum absolute atomic E-state index is 12.4. The van der Waals surface area contributed by atoms with Crippen molar-refractivity contribution in [3.8, 4) is 16.9 Å². The highest BCUT2D eigenvalue weighted by Crippen LogP contribution is 2.41. The number of benzene rings is 2. The summed E-state index contributed by atoms with van der Waals surface area (Å²) in [5.41, 5.74) is 3.14. The van der Waals surface area contributed by atoms with Crippen LogP contribution in [0.5, 0.6) is 5.75 Å². The molecule has 0 spiro atoms. The van der Waals surface area contributed by atoms with Crippen LogP contribution in [-0.2, 0) is 16.4 Å². The molecule has 30 heavy (non-hydrogen) atoms. The number of nitrogens with one attached hydrogen (secondary N) is 2. The average Bonchev–Trinajstić information content (AvgIpc) is 3.18. The van der Waals surface area contributed by atoms with Gasteiger partial charge in [-0.15, -0.1) is 11.3 Å². The molecule has 2 aromatic heterocycles. The lowest BCUT2D eigenvalue weighted by molar-refractivity contribution is 0.417. The predicted molar refractivity (Wildman–Crippen MR) is 124 cm³/mol. The molecule has 0 atom stereocenters. The summed E-state index contributed by atoms with van der Waals surface area (Å²) in [5, 5.41) is 4.19. The number of rotatable bonds is 6. The van der Waals surface area contributed by atoms with Gasteiger partial charge in [-0.2, -0.15) is 0 Å². The predicted octanol–water partition coefficient (Wildman–Crippen LogP) is 4.16. The van der Waals surface area contributed by atoms with Gasteiger partial charge >= 0.3 is 0 Å². The Kier molecular flexibility index (Phi) is 5.59. The van der Waals surface area contributed by atoms with Gasteiger partial charge in [-0.05, 0) is 47.2 Å². The summed E-state index contributed by atoms with van der Waals surface area (Å²) in [6.07, 6.45) is 1.60. The van der Waals surface area contributed by atoms with Gasteiger partial charge in [0.25, 0.3) is 5.56 Å². The van der Waals surface area contributed by atoms with E-state index in [4.69, 9.17) is 16.3 Å². The zero-order chi connectivity index (χ0) is 21.5. The van der Waals surface area contributed by atoms with Crippen molar-refractivity contribution < 1.29 is 13.2 Å². The van der Waals surface area contributed by atoms with Gasteiger partial charge in [0.15, 0.2) is 0 Å². The van der Waals surface area contributed by atoms with E-state index in [0.717, 1.165) is 39.2 Å². The van der Waals surface area contributed by atoms with E-state index in [1.165, 1.54) is 11.3 Å². The summed E-state index contributed by atoms with van der Waals surface area (Å²) in [7, 11) is -1.64. The molecule has 2 heterocycles. The Morgan fingerprint density at radius 1 is 1.20 bits per heavy atom. The SMILES string of the molecule is COc1ccc2[nH]c(=O)c3sccc3c2c1-c1ccc(CCNS(C)(=O)=O)c(Cl)c1. The number of halogens is 1. The molecule has 0 saturated carbocycles. The molecule has 4 rings (SSSR count). The second-order valence-electron chi connectivity index (χ2n) is 6.91. The molecule has 0 amide bonds. The monoisotopic (exact) mass is 462 g/mol. The largest absolute Gasteiger partial charge is 0.496 e. The maximum Gasteiger partial charge on any atom is 0.266 e. The molecule has 2 N–H and O–H groups in total. The van der Waals surface area contributed by atoms with E-state index in [0.29, 0.717) is 21.9 Å². The lowest BCUT2D eigenvalue weighted by Crippen LogP contribution is -2.24. The van der Waals surface area contributed by atoms with Crippen molar-refractivity contribution in [2.45, 2.75) is 6.42 Å². The minimum absolute atomic E-state index is 0.115. The number of sulfonamides is 1. The van der Waals surface area contributed by atoms with Crippen molar-refractivity contribution >= 4 is 54.0 Å². The highest BCUT2D eigenvalue weighted by atomic mass is 35.5. The van der Waals surface area contributed by atoms with Crippen LogP contribution in [0.25, 0.3) is 32.1 Å². The smallest absolute Gasteiger partial charge is 0.266 e. The van der Waals surface area contributed by atoms with Gasteiger partial charge in [0, 0.05) is 33.4 Å². The van der Waals surface area contributed by atoms with E-state index < -0.39 is 10.0 Å². The van der Waals surface area contributed by atoms with Gasteiger partial charge in [0.05, 0.1) is 13.4 Å². The molecule has 156 valence electrons. The van der Waals surface area contributed by atoms with Crippen LogP contribution in [-0.4, -0.2) is 33.3 Å². The lowest BCUT2D eigenvalue weighted by Gasteiger charge is -2.15. The Labute approximate surface area is 182 Å². The highest BCUT2D eigenvalue weighted by Gasteiger charge is 2.17. The van der Waals surface area contributed by atoms with E-state index in [2.05, 4.69) is 9.71 Å². The summed E-state index contributed by atoms with van der Waals surface area (Å²) >= 11 is 7.92. The van der Waals surface area contributed by atoms with Crippen LogP contribution < -0.4 is 15.0 Å². The molecular weight excluding hydrogens is 444 g/mol. The topological polar surface area (TPSA) is 88.3 Å². The second-order valence-corrected chi connectivity index (χ2v) is 10.1. The van der Waals surface area contributed by atoms with Gasteiger partial charge in [-0.1, -0.05) is 23.7 Å². The number of methoxy groups -OCH3 is 1. The third-order valence-corrected chi connectivity index (χ3v) is 6.87. The Hall–Kier alpha value is -2.39. The number of fused-ring (bicyclic) bond motifs is 3. The number of hydrogen-bond donors (Lipinski definition) is 2. The third kappa shape index (κ3) is 3.96. The molecule has 0 saturated heterocycles. The second kappa shape index (κ2) is 8.03. The van der Waals surface area contributed by atoms with Crippen LogP contribution in [0.2, 0.25) is 5.02 Å². The van der Waals surface area contributed by atoms with Crippen LogP contribution in [0.1, 0.15) is 5.56 Å². The fourth-order valence-corrected chi connectivity index (χ4v) is 5.11. The van der Waals surface area contributed by atoms with Crippen molar-refractivity contribution in [3.05, 3.63) is 62.7 Å². The zero-order valence-corrected chi connectivity index (χ0v) is 18.7. The fraction of sp³-hybridized carbons (Fsp3) is 0.190. The van der Waals surface area contributed by atoms with Gasteiger partial charge in [-0.25, -0.2) is 13.1 Å². The summed E-state index contributed by atoms with van der Waals surface area (Å²) in [5.74, 6) is 0.671. The maximum atomic E-state index is 12.4. The van der Waals surface area contributed by atoms with Gasteiger partial charge in [0.2, 0.25) is 10.0 Å². The summed E-state index contributed by atoms with van der Waals surface area (Å²) in [4.78, 5) is 15.3. The van der Waals surface area contributed by atoms with E-state index in [9.17, 15) is 13.2 Å². The molecule has 0 radical (unpaired) electrons. The third-order valence-electron chi connectivity index (χ3n) is 4.88. The molecule has 0 unspecified atom stereocenters. The molecular formula is C21H19ClN2O4S2. The van der Waals surface area contributed by atoms with Gasteiger partial charge in [0.1, 0.15) is 10.4 Å². The Balaban J connectivity index is 1.85. The van der Waals surface area contributed by atoms with E-state index in [-0.39, 0.29) is 12.1 Å². The number of thiophene rings is 1. The zero-order valence-electron chi connectivity index (χ0n) is 16.3. The molecule has 9 heteroatoms. The van der Waals surface area contributed by atoms with Crippen LogP contribution in [0.15, 0.2) is 46.6 Å². The van der Waals surface area contributed by atoms with Crippen LogP contribution in [0.4, 0.5) is 0 Å². The molecule has 0 aliphatic carbocycles. The first-order chi connectivity index (χ1) is 14.3. The van der Waals surface area contributed by atoms with Crippen molar-refractivity contribution in [1.29, 1.82) is 0 Å². The number of aromatic nitrogens is 1. The average molecular weight is 463 g/mol. The first-order valence-electron chi connectivity index (χ1n) is 9.12. The van der Waals surface area contributed by atoms with Gasteiger partial charge in [-0.3, -0.25) is 4.79 Å². The minimum atomic E-state index is -3.25. The first kappa shape index (κ1) is 20.9. The van der Waals surface area contributed by atoms with Gasteiger partial charge < -0.3 is 9.72 Å². The number of hydrogen-bond acceptors (Lipinski definition) is 5. The normalized spacial score (nSPS) is 12.0. The Morgan fingerprint density at radius 3 is 2.70 bits per heavy atom. The van der Waals surface area contributed by atoms with Crippen molar-refractivity contribution in [2.24, 2.45) is 0 Å². The number of pyridine rings is 1. The van der Waals surface area contributed by atoms with Crippen molar-refractivity contribution in [3.63, 3.8) is 0 Å². The number of H-pyrrole nitrogens is 1. The van der Waals surface area contributed by atoms with E-state index in [1.54, 1.807) is 7.11 Å². The van der Waals surface area contributed by atoms with Crippen LogP contribution >= 0.6 is 22.9 Å². The molecule has 0 aliphatic heterocycles. The molecule has 2 aromatic carbocycles. The van der Waals surface area contributed by atoms with E-state index in [1.807, 2.05) is 41.8 Å². The summed E-state index contributed by atoms with van der Waals surface area (Å²) in [6.45, 7) is 0.270. The number of ether oxygens (including phenoxy) is 1. The minimum Gasteiger partial charge on any atom is -0.496 e. The Morgan fingerprint density at radius 2 is 2.00 bits per heavy atom. The van der Waals surface area contributed by atoms with Crippen LogP contribution in [0, 0.1) is 0 Å². The Bertz CT molecular complexity index is 1420. The lowest BCUT2D eigenvalue weighted by atomic mass is 9.96. The molecule has 0 aliphatic rings. The van der Waals surface area contributed by atoms with Crippen molar-refractivity contribution in [1.82, 2.24) is 9.71 Å². The van der Waals surface area contributed by atoms with Crippen LogP contribution in [0.3, 0.4) is 0 Å². The molecule has 4 aromatic rings. The molecule has 6 nitrogen and oxygen atoms in total.